The van der Waals surface area contributed by atoms with Crippen LogP contribution in [0.15, 0.2) is 11.6 Å². The first-order chi connectivity index (χ1) is 36.4. The number of aliphatic hydroxyl groups excluding tert-OH is 16. The van der Waals surface area contributed by atoms with Crippen molar-refractivity contribution in [3.05, 3.63) is 11.6 Å². The van der Waals surface area contributed by atoms with Crippen LogP contribution in [0.1, 0.15) is 100 Å². The standard InChI is InChI=1S/C54H90O24/c1-21-31(60)35(64)38(67)45(71-21)77-42-37(66)33(62)25(18-56)74-48(42)76-40-34(63)26(19-57)72-46(39(40)68)78-41-36(65)32(61)24(17-55)73-47(41)75-30-12-13-51(6)27(50(30,4)5)11-14-52(7)28(51)10-9-22-23-15-49(2,3)43(69)44(70)54(23,20-58)29(59)16-53(22,52)8/h9,21,23-48,55-70H,10-20H2,1-8H3/t21-,23-,24+,25+,26+,27-,28+,29+,30-,31-,32+,33-,34+,35+,36-,37-,38+,39+,40-,41+,42+,43-,44-,45-,46-,47-,48-,51-,52+,53+,54-/m0/s1. The van der Waals surface area contributed by atoms with E-state index in [2.05, 4.69) is 40.7 Å². The summed E-state index contributed by atoms with van der Waals surface area (Å²) in [6.45, 7) is 13.3. The molecule has 9 aliphatic rings. The summed E-state index contributed by atoms with van der Waals surface area (Å²) in [7, 11) is 0. The molecule has 4 saturated carbocycles. The van der Waals surface area contributed by atoms with E-state index in [0.717, 1.165) is 18.4 Å². The Kier molecular flexibility index (Phi) is 17.3. The maximum Gasteiger partial charge on any atom is 0.187 e. The molecule has 0 radical (unpaired) electrons. The van der Waals surface area contributed by atoms with Gasteiger partial charge in [0.05, 0.1) is 62.4 Å². The van der Waals surface area contributed by atoms with Crippen molar-refractivity contribution in [2.24, 2.45) is 50.2 Å². The van der Waals surface area contributed by atoms with Crippen molar-refractivity contribution in [3.8, 4) is 0 Å². The van der Waals surface area contributed by atoms with Crippen molar-refractivity contribution in [2.45, 2.75) is 248 Å². The van der Waals surface area contributed by atoms with Gasteiger partial charge in [0.15, 0.2) is 25.2 Å². The number of ether oxygens (including phenoxy) is 8. The van der Waals surface area contributed by atoms with E-state index >= 15 is 0 Å². The van der Waals surface area contributed by atoms with Crippen molar-refractivity contribution in [1.82, 2.24) is 0 Å². The number of allylic oxidation sites excluding steroid dienone is 2. The van der Waals surface area contributed by atoms with Crippen LogP contribution >= 0.6 is 0 Å². The fourth-order valence-corrected chi connectivity index (χ4v) is 16.8. The third-order valence-corrected chi connectivity index (χ3v) is 21.8. The lowest BCUT2D eigenvalue weighted by Crippen LogP contribution is -2.71. The fraction of sp³-hybridized carbons (Fsp3) is 0.963. The van der Waals surface area contributed by atoms with Crippen LogP contribution in [0.25, 0.3) is 0 Å². The minimum absolute atomic E-state index is 0.0317. The molecule has 5 aliphatic carbocycles. The van der Waals surface area contributed by atoms with E-state index in [1.165, 1.54) is 6.92 Å². The summed E-state index contributed by atoms with van der Waals surface area (Å²) < 4.78 is 48.4. The van der Waals surface area contributed by atoms with E-state index < -0.39 is 195 Å². The summed E-state index contributed by atoms with van der Waals surface area (Å²) in [5.41, 5.74) is -2.63. The molecular weight excluding hydrogens is 1030 g/mol. The normalized spacial score (nSPS) is 55.9. The smallest absolute Gasteiger partial charge is 0.187 e. The first-order valence-corrected chi connectivity index (χ1v) is 28.0. The molecule has 0 spiro atoms. The van der Waals surface area contributed by atoms with Gasteiger partial charge in [-0.3, -0.25) is 0 Å². The quantitative estimate of drug-likeness (QED) is 0.0662. The van der Waals surface area contributed by atoms with Gasteiger partial charge in [-0.25, -0.2) is 0 Å². The van der Waals surface area contributed by atoms with Crippen molar-refractivity contribution in [3.63, 3.8) is 0 Å². The summed E-state index contributed by atoms with van der Waals surface area (Å²) in [6, 6.07) is 0. The molecule has 0 amide bonds. The van der Waals surface area contributed by atoms with Gasteiger partial charge in [0.1, 0.15) is 91.6 Å². The Labute approximate surface area is 454 Å². The Balaban J connectivity index is 0.955. The summed E-state index contributed by atoms with van der Waals surface area (Å²) in [5.74, 6) is -0.220. The third kappa shape index (κ3) is 9.43. The van der Waals surface area contributed by atoms with Crippen LogP contribution in [0, 0.1) is 50.2 Å². The van der Waals surface area contributed by atoms with Gasteiger partial charge in [0.25, 0.3) is 0 Å². The highest BCUT2D eigenvalue weighted by Crippen LogP contribution is 2.76. The molecule has 4 aliphatic heterocycles. The summed E-state index contributed by atoms with van der Waals surface area (Å²) >= 11 is 0. The van der Waals surface area contributed by atoms with Gasteiger partial charge in [0.2, 0.25) is 0 Å². The van der Waals surface area contributed by atoms with E-state index in [1.807, 2.05) is 13.8 Å². The molecule has 0 unspecified atom stereocenters. The van der Waals surface area contributed by atoms with Gasteiger partial charge in [-0.05, 0) is 96.7 Å². The van der Waals surface area contributed by atoms with Gasteiger partial charge < -0.3 is 120 Å². The van der Waals surface area contributed by atoms with E-state index in [1.54, 1.807) is 0 Å². The van der Waals surface area contributed by atoms with E-state index in [0.29, 0.717) is 32.1 Å². The first-order valence-electron chi connectivity index (χ1n) is 28.0. The second-order valence-corrected chi connectivity index (χ2v) is 26.5. The first kappa shape index (κ1) is 61.3. The van der Waals surface area contributed by atoms with Crippen LogP contribution in [0.2, 0.25) is 0 Å². The number of aliphatic hydroxyl groups is 16. The second kappa shape index (κ2) is 22.0. The van der Waals surface area contributed by atoms with Gasteiger partial charge in [-0.1, -0.05) is 60.1 Å². The molecule has 31 atom stereocenters. The molecule has 24 nitrogen and oxygen atoms in total. The molecule has 78 heavy (non-hydrogen) atoms. The Morgan fingerprint density at radius 2 is 1.04 bits per heavy atom. The van der Waals surface area contributed by atoms with Crippen molar-refractivity contribution < 1.29 is 120 Å². The highest BCUT2D eigenvalue weighted by molar-refractivity contribution is 5.36. The van der Waals surface area contributed by atoms with E-state index in [4.69, 9.17) is 37.9 Å². The molecule has 4 saturated heterocycles. The monoisotopic (exact) mass is 1120 g/mol. The zero-order valence-electron chi connectivity index (χ0n) is 45.9. The molecule has 4 heterocycles. The largest absolute Gasteiger partial charge is 0.396 e. The van der Waals surface area contributed by atoms with Gasteiger partial charge >= 0.3 is 0 Å². The molecule has 8 fully saturated rings. The average Bonchev–Trinajstić information content (AvgIpc) is 3.49. The molecule has 0 aromatic carbocycles. The Hall–Kier alpha value is -1.22. The Morgan fingerprint density at radius 1 is 0.513 bits per heavy atom. The fourth-order valence-electron chi connectivity index (χ4n) is 16.8. The van der Waals surface area contributed by atoms with Gasteiger partial charge in [0, 0.05) is 0 Å². The zero-order chi connectivity index (χ0) is 57.3. The highest BCUT2D eigenvalue weighted by atomic mass is 16.8. The molecule has 450 valence electrons. The maximum absolute atomic E-state index is 12.2. The summed E-state index contributed by atoms with van der Waals surface area (Å²) in [5, 5.41) is 177. The molecular formula is C54H90O24. The minimum Gasteiger partial charge on any atom is -0.396 e. The summed E-state index contributed by atoms with van der Waals surface area (Å²) in [4.78, 5) is 0. The van der Waals surface area contributed by atoms with Crippen LogP contribution in [0.4, 0.5) is 0 Å². The van der Waals surface area contributed by atoms with Crippen molar-refractivity contribution in [2.75, 3.05) is 26.4 Å². The SMILES string of the molecule is C[C@@H]1O[C@@H](O[C@H]2[C@H](O[C@@H]3[C@@H](O)[C@H](O[C@H]4[C@H](O[C@H]5CC[C@]6(C)[C@H]7CC=C8[C@@H]9CC(C)(C)[C@@H](O)[C@H](O)[C@]9(CO)[C@H](O)C[C@@]8(C)[C@]7(C)CC[C@H]6C5(C)C)O[C@H](CO)[C@@H](O)[C@@H]4O)O[C@H](CO)[C@H]3O)O[C@H](CO)[C@H](O)[C@@H]2O)[C@H](O)[C@H](O)[C@H]1O. The predicted octanol–water partition coefficient (Wildman–Crippen LogP) is -3.62. The Bertz CT molecular complexity index is 2120. The molecule has 0 bridgehead atoms. The number of rotatable bonds is 12. The lowest BCUT2D eigenvalue weighted by Gasteiger charge is -2.72. The predicted molar refractivity (Wildman–Crippen MR) is 265 cm³/mol. The van der Waals surface area contributed by atoms with Crippen LogP contribution in [-0.4, -0.2) is 255 Å². The second-order valence-electron chi connectivity index (χ2n) is 26.5. The number of hydrogen-bond donors (Lipinski definition) is 16. The number of fused-ring (bicyclic) bond motifs is 7. The van der Waals surface area contributed by atoms with E-state index in [-0.39, 0.29) is 28.6 Å². The van der Waals surface area contributed by atoms with Gasteiger partial charge in [-0.15, -0.1) is 0 Å². The third-order valence-electron chi connectivity index (χ3n) is 21.8. The molecule has 16 N–H and O–H groups in total. The van der Waals surface area contributed by atoms with E-state index in [9.17, 15) is 81.7 Å². The average molecular weight is 1120 g/mol. The minimum atomic E-state index is -2.07. The molecule has 9 rings (SSSR count). The van der Waals surface area contributed by atoms with Crippen molar-refractivity contribution >= 4 is 0 Å². The number of hydrogen-bond acceptors (Lipinski definition) is 24. The zero-order valence-corrected chi connectivity index (χ0v) is 45.9. The maximum atomic E-state index is 12.2. The lowest BCUT2D eigenvalue weighted by atomic mass is 9.33. The molecule has 0 aromatic heterocycles. The Morgan fingerprint density at radius 3 is 1.60 bits per heavy atom. The van der Waals surface area contributed by atoms with Crippen LogP contribution in [-0.2, 0) is 37.9 Å². The lowest BCUT2D eigenvalue weighted by molar-refractivity contribution is -0.401. The molecule has 24 heteroatoms. The topological polar surface area (TPSA) is 398 Å². The van der Waals surface area contributed by atoms with Crippen LogP contribution in [0.5, 0.6) is 0 Å². The van der Waals surface area contributed by atoms with Gasteiger partial charge in [-0.2, -0.15) is 0 Å². The molecule has 0 aromatic rings. The summed E-state index contributed by atoms with van der Waals surface area (Å²) in [6.07, 6.45) is -32.5. The van der Waals surface area contributed by atoms with Crippen molar-refractivity contribution in [1.29, 1.82) is 0 Å². The highest BCUT2D eigenvalue weighted by Gasteiger charge is 2.72. The van der Waals surface area contributed by atoms with Crippen LogP contribution < -0.4 is 0 Å². The van der Waals surface area contributed by atoms with Crippen LogP contribution in [0.3, 0.4) is 0 Å².